The van der Waals surface area contributed by atoms with E-state index >= 15 is 0 Å². The molecule has 0 spiro atoms. The number of guanidine groups is 1. The zero-order chi connectivity index (χ0) is 15.1. The highest BCUT2D eigenvalue weighted by Crippen LogP contribution is 2.08. The van der Waals surface area contributed by atoms with Gasteiger partial charge in [-0.3, -0.25) is 4.99 Å². The van der Waals surface area contributed by atoms with Crippen LogP contribution in [0.15, 0.2) is 29.3 Å². The SMILES string of the molecule is CN(CCN=C(N)N1CCCCC1)Cc1ccc(F)cc1.I. The van der Waals surface area contributed by atoms with Gasteiger partial charge in [-0.1, -0.05) is 12.1 Å². The van der Waals surface area contributed by atoms with Gasteiger partial charge in [-0.05, 0) is 44.0 Å². The van der Waals surface area contributed by atoms with E-state index in [-0.39, 0.29) is 29.8 Å². The molecule has 0 saturated carbocycles. The second-order valence-electron chi connectivity index (χ2n) is 5.65. The Hall–Kier alpha value is -0.890. The van der Waals surface area contributed by atoms with E-state index in [1.807, 2.05) is 19.2 Å². The number of rotatable bonds is 5. The molecule has 1 heterocycles. The number of nitrogens with two attached hydrogens (primary N) is 1. The van der Waals surface area contributed by atoms with E-state index in [2.05, 4.69) is 14.8 Å². The smallest absolute Gasteiger partial charge is 0.191 e. The van der Waals surface area contributed by atoms with E-state index < -0.39 is 0 Å². The number of halogens is 2. The van der Waals surface area contributed by atoms with Crippen LogP contribution in [-0.2, 0) is 6.54 Å². The van der Waals surface area contributed by atoms with Crippen molar-refractivity contribution in [1.82, 2.24) is 9.80 Å². The Kier molecular flexibility index (Phi) is 8.70. The second-order valence-corrected chi connectivity index (χ2v) is 5.65. The fourth-order valence-corrected chi connectivity index (χ4v) is 2.54. The molecule has 1 saturated heterocycles. The normalized spacial score (nSPS) is 15.8. The molecule has 2 rings (SSSR count). The maximum atomic E-state index is 12.8. The molecule has 0 aliphatic carbocycles. The van der Waals surface area contributed by atoms with Gasteiger partial charge in [-0.25, -0.2) is 4.39 Å². The molecule has 0 atom stereocenters. The average Bonchev–Trinajstić information content (AvgIpc) is 2.50. The molecule has 6 heteroatoms. The lowest BCUT2D eigenvalue weighted by molar-refractivity contribution is 0.327. The molecule has 2 N–H and O–H groups in total. The largest absolute Gasteiger partial charge is 0.370 e. The third kappa shape index (κ3) is 6.48. The van der Waals surface area contributed by atoms with Crippen molar-refractivity contribution in [2.75, 3.05) is 33.2 Å². The number of likely N-dealkylation sites (tertiary alicyclic amines) is 1. The summed E-state index contributed by atoms with van der Waals surface area (Å²) in [5.74, 6) is 0.477. The molecule has 4 nitrogen and oxygen atoms in total. The Morgan fingerprint density at radius 3 is 2.50 bits per heavy atom. The predicted octanol–water partition coefficient (Wildman–Crippen LogP) is 2.68. The van der Waals surface area contributed by atoms with E-state index in [1.54, 1.807) is 0 Å². The fraction of sp³-hybridized carbons (Fsp3) is 0.562. The molecule has 0 radical (unpaired) electrons. The van der Waals surface area contributed by atoms with Gasteiger partial charge in [0.25, 0.3) is 0 Å². The van der Waals surface area contributed by atoms with Crippen LogP contribution in [0.3, 0.4) is 0 Å². The van der Waals surface area contributed by atoms with Gasteiger partial charge >= 0.3 is 0 Å². The summed E-state index contributed by atoms with van der Waals surface area (Å²) in [6.07, 6.45) is 3.71. The summed E-state index contributed by atoms with van der Waals surface area (Å²) in [5.41, 5.74) is 7.12. The van der Waals surface area contributed by atoms with Gasteiger partial charge in [0, 0.05) is 26.2 Å². The Balaban J connectivity index is 0.00000242. The number of hydrogen-bond donors (Lipinski definition) is 1. The molecule has 1 aromatic rings. The lowest BCUT2D eigenvalue weighted by Crippen LogP contribution is -2.41. The highest BCUT2D eigenvalue weighted by Gasteiger charge is 2.11. The molecule has 0 bridgehead atoms. The molecule has 0 unspecified atom stereocenters. The van der Waals surface area contributed by atoms with Crippen LogP contribution in [0.25, 0.3) is 0 Å². The van der Waals surface area contributed by atoms with E-state index in [9.17, 15) is 4.39 Å². The van der Waals surface area contributed by atoms with Crippen LogP contribution < -0.4 is 5.73 Å². The van der Waals surface area contributed by atoms with Crippen molar-refractivity contribution in [3.8, 4) is 0 Å². The van der Waals surface area contributed by atoms with E-state index in [1.165, 1.54) is 31.4 Å². The summed E-state index contributed by atoms with van der Waals surface area (Å²) in [6.45, 7) is 4.38. The standard InChI is InChI=1S/C16H25FN4.HI/c1-20(13-14-5-7-15(17)8-6-14)12-9-19-16(18)21-10-3-2-4-11-21;/h5-8H,2-4,9-13H2,1H3,(H2,18,19);1H. The first-order valence-corrected chi connectivity index (χ1v) is 7.63. The molecule has 22 heavy (non-hydrogen) atoms. The number of piperidine rings is 1. The molecule has 124 valence electrons. The Labute approximate surface area is 149 Å². The van der Waals surface area contributed by atoms with Crippen LogP contribution >= 0.6 is 24.0 Å². The number of hydrogen-bond acceptors (Lipinski definition) is 2. The highest BCUT2D eigenvalue weighted by atomic mass is 127. The van der Waals surface area contributed by atoms with Crippen LogP contribution in [0.5, 0.6) is 0 Å². The van der Waals surface area contributed by atoms with Crippen molar-refractivity contribution in [3.63, 3.8) is 0 Å². The average molecular weight is 420 g/mol. The van der Waals surface area contributed by atoms with Gasteiger partial charge < -0.3 is 15.5 Å². The number of benzene rings is 1. The molecular formula is C16H26FIN4. The molecule has 0 amide bonds. The monoisotopic (exact) mass is 420 g/mol. The summed E-state index contributed by atoms with van der Waals surface area (Å²) in [4.78, 5) is 8.80. The van der Waals surface area contributed by atoms with Crippen LogP contribution in [-0.4, -0.2) is 49.0 Å². The van der Waals surface area contributed by atoms with Gasteiger partial charge in [-0.2, -0.15) is 0 Å². The van der Waals surface area contributed by atoms with Gasteiger partial charge in [0.2, 0.25) is 0 Å². The van der Waals surface area contributed by atoms with Crippen molar-refractivity contribution in [2.24, 2.45) is 10.7 Å². The molecule has 1 aliphatic heterocycles. The minimum absolute atomic E-state index is 0. The predicted molar refractivity (Wildman–Crippen MR) is 100 cm³/mol. The zero-order valence-corrected chi connectivity index (χ0v) is 15.5. The fourth-order valence-electron chi connectivity index (χ4n) is 2.54. The molecule has 0 aromatic heterocycles. The van der Waals surface area contributed by atoms with Crippen molar-refractivity contribution in [1.29, 1.82) is 0 Å². The van der Waals surface area contributed by atoms with E-state index in [4.69, 9.17) is 5.73 Å². The number of nitrogens with zero attached hydrogens (tertiary/aromatic N) is 3. The third-order valence-corrected chi connectivity index (χ3v) is 3.80. The van der Waals surface area contributed by atoms with Gasteiger partial charge in [0.15, 0.2) is 5.96 Å². The zero-order valence-electron chi connectivity index (χ0n) is 13.2. The summed E-state index contributed by atoms with van der Waals surface area (Å²) in [7, 11) is 2.04. The third-order valence-electron chi connectivity index (χ3n) is 3.80. The summed E-state index contributed by atoms with van der Waals surface area (Å²) < 4.78 is 12.8. The first-order valence-electron chi connectivity index (χ1n) is 7.63. The molecule has 1 aliphatic rings. The lowest BCUT2D eigenvalue weighted by atomic mass is 10.1. The quantitative estimate of drug-likeness (QED) is 0.453. The molecule has 1 aromatic carbocycles. The molecular weight excluding hydrogens is 394 g/mol. The van der Waals surface area contributed by atoms with Crippen LogP contribution in [0, 0.1) is 5.82 Å². The minimum Gasteiger partial charge on any atom is -0.370 e. The summed E-state index contributed by atoms with van der Waals surface area (Å²) in [6, 6.07) is 6.62. The van der Waals surface area contributed by atoms with Gasteiger partial charge in [0.1, 0.15) is 5.82 Å². The van der Waals surface area contributed by atoms with Crippen LogP contribution in [0.4, 0.5) is 4.39 Å². The van der Waals surface area contributed by atoms with E-state index in [0.29, 0.717) is 12.5 Å². The van der Waals surface area contributed by atoms with Crippen molar-refractivity contribution in [2.45, 2.75) is 25.8 Å². The Morgan fingerprint density at radius 1 is 1.23 bits per heavy atom. The first-order chi connectivity index (χ1) is 10.1. The highest BCUT2D eigenvalue weighted by molar-refractivity contribution is 14.0. The number of aliphatic imine (C=N–C) groups is 1. The Morgan fingerprint density at radius 2 is 1.86 bits per heavy atom. The first kappa shape index (κ1) is 19.2. The molecule has 1 fully saturated rings. The lowest BCUT2D eigenvalue weighted by Gasteiger charge is -2.27. The van der Waals surface area contributed by atoms with Gasteiger partial charge in [0.05, 0.1) is 6.54 Å². The Bertz CT molecular complexity index is 458. The van der Waals surface area contributed by atoms with Crippen molar-refractivity contribution in [3.05, 3.63) is 35.6 Å². The second kappa shape index (κ2) is 9.99. The topological polar surface area (TPSA) is 44.9 Å². The summed E-state index contributed by atoms with van der Waals surface area (Å²) in [5, 5.41) is 0. The van der Waals surface area contributed by atoms with E-state index in [0.717, 1.165) is 31.7 Å². The maximum absolute atomic E-state index is 12.8. The van der Waals surface area contributed by atoms with Crippen molar-refractivity contribution < 1.29 is 4.39 Å². The van der Waals surface area contributed by atoms with Gasteiger partial charge in [-0.15, -0.1) is 24.0 Å². The van der Waals surface area contributed by atoms with Crippen molar-refractivity contribution >= 4 is 29.9 Å². The number of likely N-dealkylation sites (N-methyl/N-ethyl adjacent to an activating group) is 1. The van der Waals surface area contributed by atoms with Crippen LogP contribution in [0.2, 0.25) is 0 Å². The summed E-state index contributed by atoms with van der Waals surface area (Å²) >= 11 is 0. The maximum Gasteiger partial charge on any atom is 0.191 e. The van der Waals surface area contributed by atoms with Crippen LogP contribution in [0.1, 0.15) is 24.8 Å². The minimum atomic E-state index is -0.194.